The van der Waals surface area contributed by atoms with Crippen LogP contribution in [0.3, 0.4) is 0 Å². The second-order valence-corrected chi connectivity index (χ2v) is 13.4. The molecule has 0 aromatic carbocycles. The van der Waals surface area contributed by atoms with Crippen LogP contribution in [0.25, 0.3) is 0 Å². The van der Waals surface area contributed by atoms with E-state index in [-0.39, 0.29) is 11.8 Å². The maximum Gasteiger partial charge on any atom is 0.222 e. The van der Waals surface area contributed by atoms with E-state index in [1.165, 1.54) is 154 Å². The molecule has 242 valence electrons. The highest BCUT2D eigenvalue weighted by atomic mass is 16.1. The van der Waals surface area contributed by atoms with Gasteiger partial charge in [0, 0.05) is 12.5 Å². The Bertz CT molecular complexity index is 592. The molecule has 1 amide bonds. The third-order valence-corrected chi connectivity index (χ3v) is 8.79. The minimum atomic E-state index is 0.150. The fraction of sp³-hybridized carbons (Fsp3) is 0.872. The molecule has 2 atom stereocenters. The van der Waals surface area contributed by atoms with E-state index >= 15 is 0 Å². The largest absolute Gasteiger partial charge is 0.356 e. The van der Waals surface area contributed by atoms with Gasteiger partial charge in [0.15, 0.2) is 0 Å². The number of rotatable bonds is 31. The summed E-state index contributed by atoms with van der Waals surface area (Å²) in [5.41, 5.74) is 0. The van der Waals surface area contributed by atoms with Crippen LogP contribution in [0.2, 0.25) is 0 Å². The molecule has 0 aliphatic rings. The Morgan fingerprint density at radius 1 is 0.537 bits per heavy atom. The van der Waals surface area contributed by atoms with Crippen LogP contribution in [-0.2, 0) is 4.79 Å². The number of carbonyl (C=O) groups is 1. The molecule has 0 aromatic heterocycles. The average Bonchev–Trinajstić information content (AvgIpc) is 2.96. The molecule has 2 unspecified atom stereocenters. The topological polar surface area (TPSA) is 29.1 Å². The highest BCUT2D eigenvalue weighted by Crippen LogP contribution is 2.16. The van der Waals surface area contributed by atoms with E-state index in [4.69, 9.17) is 0 Å². The quantitative estimate of drug-likeness (QED) is 0.0648. The Kier molecular flexibility index (Phi) is 31.1. The number of hydrogen-bond acceptors (Lipinski definition) is 1. The zero-order valence-electron chi connectivity index (χ0n) is 28.8. The van der Waals surface area contributed by atoms with Crippen molar-refractivity contribution < 1.29 is 4.79 Å². The fourth-order valence-corrected chi connectivity index (χ4v) is 5.62. The molecular formula is C39H75NO. The minimum absolute atomic E-state index is 0.150. The van der Waals surface area contributed by atoms with E-state index in [2.05, 4.69) is 64.2 Å². The monoisotopic (exact) mass is 574 g/mol. The van der Waals surface area contributed by atoms with Crippen molar-refractivity contribution in [2.75, 3.05) is 6.54 Å². The lowest BCUT2D eigenvalue weighted by atomic mass is 9.97. The van der Waals surface area contributed by atoms with Crippen molar-refractivity contribution in [3.63, 3.8) is 0 Å². The highest BCUT2D eigenvalue weighted by molar-refractivity contribution is 5.78. The van der Waals surface area contributed by atoms with E-state index in [9.17, 15) is 4.79 Å². The SMILES string of the molecule is CCCCCCCC/C=C\CCCCCCC(CC)CNC(=O)C(C)CCCCCC/C=C\CCCCCC(C)C. The summed E-state index contributed by atoms with van der Waals surface area (Å²) in [6.07, 6.45) is 42.2. The second-order valence-electron chi connectivity index (χ2n) is 13.4. The van der Waals surface area contributed by atoms with Gasteiger partial charge in [-0.1, -0.05) is 155 Å². The molecule has 0 radical (unpaired) electrons. The molecule has 0 rings (SSSR count). The minimum Gasteiger partial charge on any atom is -0.356 e. The molecule has 0 spiro atoms. The molecule has 0 fully saturated rings. The van der Waals surface area contributed by atoms with Gasteiger partial charge in [-0.15, -0.1) is 0 Å². The fourth-order valence-electron chi connectivity index (χ4n) is 5.62. The van der Waals surface area contributed by atoms with Crippen LogP contribution in [0.4, 0.5) is 0 Å². The van der Waals surface area contributed by atoms with Gasteiger partial charge in [-0.05, 0) is 76.0 Å². The molecule has 0 bridgehead atoms. The number of hydrogen-bond donors (Lipinski definition) is 1. The van der Waals surface area contributed by atoms with Crippen molar-refractivity contribution in [2.45, 2.75) is 195 Å². The Labute approximate surface area is 259 Å². The summed E-state index contributed by atoms with van der Waals surface area (Å²) in [7, 11) is 0. The molecule has 0 saturated carbocycles. The standard InChI is InChI=1S/C39H75NO/c1-6-8-9-10-11-12-13-14-15-19-22-25-28-31-34-38(7-2)35-40-39(41)37(5)33-30-27-24-21-18-16-17-20-23-26-29-32-36(3)4/h14-17,36-38H,6-13,18-35H2,1-5H3,(H,40,41)/b15-14-,17-16-. The van der Waals surface area contributed by atoms with Gasteiger partial charge in [0.1, 0.15) is 0 Å². The molecule has 0 heterocycles. The molecule has 0 aliphatic heterocycles. The number of nitrogens with one attached hydrogen (secondary N) is 1. The van der Waals surface area contributed by atoms with Crippen molar-refractivity contribution in [1.82, 2.24) is 5.32 Å². The average molecular weight is 574 g/mol. The van der Waals surface area contributed by atoms with Gasteiger partial charge in [-0.2, -0.15) is 0 Å². The van der Waals surface area contributed by atoms with Crippen molar-refractivity contribution in [3.05, 3.63) is 24.3 Å². The molecular weight excluding hydrogens is 498 g/mol. The summed E-state index contributed by atoms with van der Waals surface area (Å²) in [5, 5.41) is 3.27. The molecule has 41 heavy (non-hydrogen) atoms. The van der Waals surface area contributed by atoms with Gasteiger partial charge in [-0.25, -0.2) is 0 Å². The van der Waals surface area contributed by atoms with Crippen molar-refractivity contribution in [1.29, 1.82) is 0 Å². The first-order chi connectivity index (χ1) is 20.0. The predicted molar refractivity (Wildman–Crippen MR) is 186 cm³/mol. The summed E-state index contributed by atoms with van der Waals surface area (Å²) in [6.45, 7) is 12.2. The van der Waals surface area contributed by atoms with Crippen LogP contribution in [0.5, 0.6) is 0 Å². The third-order valence-electron chi connectivity index (χ3n) is 8.79. The zero-order chi connectivity index (χ0) is 30.2. The summed E-state index contributed by atoms with van der Waals surface area (Å²) < 4.78 is 0. The number of carbonyl (C=O) groups excluding carboxylic acids is 1. The molecule has 2 nitrogen and oxygen atoms in total. The maximum atomic E-state index is 12.6. The molecule has 0 saturated heterocycles. The number of amides is 1. The maximum absolute atomic E-state index is 12.6. The van der Waals surface area contributed by atoms with Crippen molar-refractivity contribution in [3.8, 4) is 0 Å². The highest BCUT2D eigenvalue weighted by Gasteiger charge is 2.14. The number of unbranched alkanes of at least 4 members (excludes halogenated alkanes) is 17. The van der Waals surface area contributed by atoms with Crippen molar-refractivity contribution in [2.24, 2.45) is 17.8 Å². The van der Waals surface area contributed by atoms with Crippen LogP contribution < -0.4 is 5.32 Å². The van der Waals surface area contributed by atoms with Gasteiger partial charge in [-0.3, -0.25) is 4.79 Å². The van der Waals surface area contributed by atoms with E-state index in [1.54, 1.807) is 0 Å². The first-order valence-corrected chi connectivity index (χ1v) is 18.6. The zero-order valence-corrected chi connectivity index (χ0v) is 28.8. The Hall–Kier alpha value is -1.05. The summed E-state index contributed by atoms with van der Waals surface area (Å²) in [5.74, 6) is 1.91. The Balaban J connectivity index is 3.62. The third kappa shape index (κ3) is 30.2. The van der Waals surface area contributed by atoms with Crippen LogP contribution in [0.15, 0.2) is 24.3 Å². The summed E-state index contributed by atoms with van der Waals surface area (Å²) >= 11 is 0. The van der Waals surface area contributed by atoms with Gasteiger partial charge in [0.2, 0.25) is 5.91 Å². The smallest absolute Gasteiger partial charge is 0.222 e. The van der Waals surface area contributed by atoms with E-state index in [0.717, 1.165) is 18.9 Å². The summed E-state index contributed by atoms with van der Waals surface area (Å²) in [6, 6.07) is 0. The Morgan fingerprint density at radius 3 is 1.44 bits per heavy atom. The second kappa shape index (κ2) is 31.9. The lowest BCUT2D eigenvalue weighted by molar-refractivity contribution is -0.124. The molecule has 2 heteroatoms. The van der Waals surface area contributed by atoms with Gasteiger partial charge >= 0.3 is 0 Å². The molecule has 1 N–H and O–H groups in total. The Morgan fingerprint density at radius 2 is 0.951 bits per heavy atom. The molecule has 0 aromatic rings. The van der Waals surface area contributed by atoms with Crippen LogP contribution in [-0.4, -0.2) is 12.5 Å². The van der Waals surface area contributed by atoms with E-state index in [0.29, 0.717) is 5.92 Å². The summed E-state index contributed by atoms with van der Waals surface area (Å²) in [4.78, 5) is 12.6. The lowest BCUT2D eigenvalue weighted by Crippen LogP contribution is -2.33. The van der Waals surface area contributed by atoms with Crippen LogP contribution in [0, 0.1) is 17.8 Å². The number of allylic oxidation sites excluding steroid dienone is 4. The van der Waals surface area contributed by atoms with Crippen LogP contribution in [0.1, 0.15) is 195 Å². The first kappa shape index (κ1) is 40.0. The van der Waals surface area contributed by atoms with Gasteiger partial charge in [0.25, 0.3) is 0 Å². The van der Waals surface area contributed by atoms with E-state index in [1.807, 2.05) is 0 Å². The van der Waals surface area contributed by atoms with Crippen molar-refractivity contribution >= 4 is 5.91 Å². The normalized spacial score (nSPS) is 13.5. The molecule has 0 aliphatic carbocycles. The lowest BCUT2D eigenvalue weighted by Gasteiger charge is -2.18. The van der Waals surface area contributed by atoms with Crippen LogP contribution >= 0.6 is 0 Å². The van der Waals surface area contributed by atoms with Gasteiger partial charge < -0.3 is 5.32 Å². The van der Waals surface area contributed by atoms with Gasteiger partial charge in [0.05, 0.1) is 0 Å². The first-order valence-electron chi connectivity index (χ1n) is 18.6. The van der Waals surface area contributed by atoms with E-state index < -0.39 is 0 Å². The predicted octanol–water partition coefficient (Wildman–Crippen LogP) is 12.9.